The van der Waals surface area contributed by atoms with Gasteiger partial charge in [-0.25, -0.2) is 0 Å². The van der Waals surface area contributed by atoms with Crippen LogP contribution in [0.4, 0.5) is 0 Å². The lowest BCUT2D eigenvalue weighted by atomic mass is 10.1. The van der Waals surface area contributed by atoms with Crippen LogP contribution in [0.5, 0.6) is 0 Å². The fourth-order valence-corrected chi connectivity index (χ4v) is 2.01. The van der Waals surface area contributed by atoms with E-state index in [1.807, 2.05) is 13.8 Å². The van der Waals surface area contributed by atoms with Gasteiger partial charge in [-0.15, -0.1) is 0 Å². The third-order valence-electron chi connectivity index (χ3n) is 2.67. The topological polar surface area (TPSA) is 83.6 Å². The fourth-order valence-electron chi connectivity index (χ4n) is 2.01. The van der Waals surface area contributed by atoms with Crippen molar-refractivity contribution < 1.29 is 14.7 Å². The van der Waals surface area contributed by atoms with E-state index in [1.165, 1.54) is 0 Å². The van der Waals surface area contributed by atoms with E-state index in [4.69, 9.17) is 5.73 Å². The Labute approximate surface area is 95.6 Å². The fraction of sp³-hybridized carbons (Fsp3) is 0.818. The van der Waals surface area contributed by atoms with Crippen molar-refractivity contribution in [2.75, 3.05) is 13.1 Å². The molecule has 0 aromatic rings. The lowest BCUT2D eigenvalue weighted by Gasteiger charge is -2.29. The summed E-state index contributed by atoms with van der Waals surface area (Å²) in [5.74, 6) is -0.799. The molecular formula is C11H20N2O3. The van der Waals surface area contributed by atoms with Crippen molar-refractivity contribution >= 4 is 11.9 Å². The molecule has 0 spiro atoms. The van der Waals surface area contributed by atoms with Gasteiger partial charge in [-0.1, -0.05) is 13.8 Å². The van der Waals surface area contributed by atoms with E-state index < -0.39 is 17.9 Å². The highest BCUT2D eigenvalue weighted by Crippen LogP contribution is 2.35. The molecule has 0 aromatic heterocycles. The third kappa shape index (κ3) is 3.81. The number of nitrogens with two attached hydrogens (primary N) is 1. The van der Waals surface area contributed by atoms with Crippen LogP contribution in [0.1, 0.15) is 26.7 Å². The van der Waals surface area contributed by atoms with Crippen LogP contribution in [0.25, 0.3) is 0 Å². The van der Waals surface area contributed by atoms with E-state index in [0.29, 0.717) is 12.5 Å². The van der Waals surface area contributed by atoms with Crippen LogP contribution in [0.2, 0.25) is 0 Å². The van der Waals surface area contributed by atoms with Crippen molar-refractivity contribution in [2.45, 2.75) is 32.7 Å². The number of carboxylic acids is 1. The van der Waals surface area contributed by atoms with Crippen LogP contribution in [-0.2, 0) is 9.59 Å². The zero-order chi connectivity index (χ0) is 12.3. The number of aliphatic carboxylic acids is 1. The van der Waals surface area contributed by atoms with Crippen molar-refractivity contribution in [1.29, 1.82) is 0 Å². The van der Waals surface area contributed by atoms with Gasteiger partial charge in [0.05, 0.1) is 6.54 Å². The van der Waals surface area contributed by atoms with E-state index in [0.717, 1.165) is 12.8 Å². The Kier molecular flexibility index (Phi) is 4.29. The second kappa shape index (κ2) is 5.30. The molecule has 1 saturated carbocycles. The molecule has 0 bridgehead atoms. The van der Waals surface area contributed by atoms with E-state index in [9.17, 15) is 14.7 Å². The number of primary amides is 1. The van der Waals surface area contributed by atoms with Crippen LogP contribution in [0.3, 0.4) is 0 Å². The standard InChI is InChI=1S/C11H20N2O3/c1-7(2)5-13(6-9(12)14)10(11(15)16)8-3-4-8/h7-8,10H,3-6H2,1-2H3,(H2,12,14)(H,15,16). The molecule has 0 radical (unpaired) electrons. The number of carbonyl (C=O) groups is 2. The minimum absolute atomic E-state index is 0.0334. The maximum Gasteiger partial charge on any atom is 0.321 e. The number of rotatable bonds is 7. The quantitative estimate of drug-likeness (QED) is 0.656. The summed E-state index contributed by atoms with van der Waals surface area (Å²) in [6.07, 6.45) is 1.87. The van der Waals surface area contributed by atoms with Crippen molar-refractivity contribution in [3.05, 3.63) is 0 Å². The monoisotopic (exact) mass is 228 g/mol. The molecule has 16 heavy (non-hydrogen) atoms. The molecule has 1 fully saturated rings. The van der Waals surface area contributed by atoms with Gasteiger partial charge in [-0.3, -0.25) is 14.5 Å². The summed E-state index contributed by atoms with van der Waals surface area (Å²) >= 11 is 0. The SMILES string of the molecule is CC(C)CN(CC(N)=O)C(C(=O)O)C1CC1. The van der Waals surface area contributed by atoms with Gasteiger partial charge in [-0.05, 0) is 24.7 Å². The molecule has 1 atom stereocenters. The van der Waals surface area contributed by atoms with E-state index in [1.54, 1.807) is 4.90 Å². The summed E-state index contributed by atoms with van der Waals surface area (Å²) in [7, 11) is 0. The Morgan fingerprint density at radius 2 is 2.00 bits per heavy atom. The zero-order valence-corrected chi connectivity index (χ0v) is 9.85. The molecule has 5 nitrogen and oxygen atoms in total. The Bertz CT molecular complexity index is 274. The third-order valence-corrected chi connectivity index (χ3v) is 2.67. The molecule has 3 N–H and O–H groups in total. The van der Waals surface area contributed by atoms with Gasteiger partial charge in [0.25, 0.3) is 0 Å². The average molecular weight is 228 g/mol. The maximum absolute atomic E-state index is 11.2. The number of nitrogens with zero attached hydrogens (tertiary/aromatic N) is 1. The number of hydrogen-bond donors (Lipinski definition) is 2. The lowest BCUT2D eigenvalue weighted by molar-refractivity contribution is -0.144. The molecule has 0 aliphatic heterocycles. The number of carbonyl (C=O) groups excluding carboxylic acids is 1. The number of hydrogen-bond acceptors (Lipinski definition) is 3. The number of carboxylic acid groups (broad SMARTS) is 1. The van der Waals surface area contributed by atoms with Crippen molar-refractivity contribution in [1.82, 2.24) is 4.90 Å². The van der Waals surface area contributed by atoms with Gasteiger partial charge in [-0.2, -0.15) is 0 Å². The normalized spacial score (nSPS) is 17.8. The first-order valence-electron chi connectivity index (χ1n) is 5.67. The van der Waals surface area contributed by atoms with Crippen LogP contribution in [0, 0.1) is 11.8 Å². The molecule has 0 aromatic carbocycles. The largest absolute Gasteiger partial charge is 0.480 e. The van der Waals surface area contributed by atoms with E-state index in [2.05, 4.69) is 0 Å². The van der Waals surface area contributed by atoms with E-state index in [-0.39, 0.29) is 12.5 Å². The Morgan fingerprint density at radius 3 is 2.31 bits per heavy atom. The summed E-state index contributed by atoms with van der Waals surface area (Å²) in [6, 6.07) is -0.546. The number of amides is 1. The first-order valence-corrected chi connectivity index (χ1v) is 5.67. The first-order chi connectivity index (χ1) is 7.41. The molecule has 1 amide bonds. The van der Waals surface area contributed by atoms with Crippen molar-refractivity contribution in [3.8, 4) is 0 Å². The highest BCUT2D eigenvalue weighted by Gasteiger charge is 2.40. The average Bonchev–Trinajstić information content (AvgIpc) is 2.84. The van der Waals surface area contributed by atoms with Gasteiger partial charge in [0.1, 0.15) is 6.04 Å². The zero-order valence-electron chi connectivity index (χ0n) is 9.85. The molecule has 1 aliphatic carbocycles. The molecular weight excluding hydrogens is 208 g/mol. The van der Waals surface area contributed by atoms with Gasteiger partial charge >= 0.3 is 5.97 Å². The van der Waals surface area contributed by atoms with Crippen LogP contribution in [0.15, 0.2) is 0 Å². The molecule has 1 rings (SSSR count). The summed E-state index contributed by atoms with van der Waals surface area (Å²) in [5, 5.41) is 9.19. The smallest absolute Gasteiger partial charge is 0.321 e. The predicted molar refractivity (Wildman–Crippen MR) is 59.8 cm³/mol. The molecule has 0 saturated heterocycles. The second-order valence-corrected chi connectivity index (χ2v) is 4.91. The van der Waals surface area contributed by atoms with Crippen molar-refractivity contribution in [2.24, 2.45) is 17.6 Å². The minimum Gasteiger partial charge on any atom is -0.480 e. The minimum atomic E-state index is -0.843. The van der Waals surface area contributed by atoms with Gasteiger partial charge in [0, 0.05) is 6.54 Å². The highest BCUT2D eigenvalue weighted by atomic mass is 16.4. The van der Waals surface area contributed by atoms with Gasteiger partial charge in [0.2, 0.25) is 5.91 Å². The van der Waals surface area contributed by atoms with Gasteiger partial charge < -0.3 is 10.8 Å². The van der Waals surface area contributed by atoms with Crippen LogP contribution >= 0.6 is 0 Å². The molecule has 5 heteroatoms. The summed E-state index contributed by atoms with van der Waals surface area (Å²) in [5.41, 5.74) is 5.15. The Hall–Kier alpha value is -1.10. The Morgan fingerprint density at radius 1 is 1.44 bits per heavy atom. The summed E-state index contributed by atoms with van der Waals surface area (Å²) in [4.78, 5) is 23.8. The highest BCUT2D eigenvalue weighted by molar-refractivity contribution is 5.78. The molecule has 1 unspecified atom stereocenters. The van der Waals surface area contributed by atoms with Crippen LogP contribution in [-0.4, -0.2) is 41.0 Å². The van der Waals surface area contributed by atoms with E-state index >= 15 is 0 Å². The second-order valence-electron chi connectivity index (χ2n) is 4.91. The lowest BCUT2D eigenvalue weighted by Crippen LogP contribution is -2.48. The summed E-state index contributed by atoms with van der Waals surface area (Å²) < 4.78 is 0. The van der Waals surface area contributed by atoms with Gasteiger partial charge in [0.15, 0.2) is 0 Å². The molecule has 92 valence electrons. The van der Waals surface area contributed by atoms with Crippen LogP contribution < -0.4 is 5.73 Å². The first kappa shape index (κ1) is 13.0. The maximum atomic E-state index is 11.2. The molecule has 1 aliphatic rings. The summed E-state index contributed by atoms with van der Waals surface area (Å²) in [6.45, 7) is 4.63. The predicted octanol–water partition coefficient (Wildman–Crippen LogP) is 0.293. The van der Waals surface area contributed by atoms with Crippen molar-refractivity contribution in [3.63, 3.8) is 0 Å². The molecule has 0 heterocycles. The Balaban J connectivity index is 2.70.